The van der Waals surface area contributed by atoms with Crippen molar-refractivity contribution in [2.75, 3.05) is 24.2 Å². The largest absolute Gasteiger partial charge is 0.350 e. The van der Waals surface area contributed by atoms with Crippen LogP contribution in [-0.4, -0.2) is 49.4 Å². The maximum absolute atomic E-state index is 13.3. The SMILES string of the molecule is CC(C)c1ccc(N2C(=O)CN(S(C)(=O)=O)CC2(C)C(=O)NCc2ccc(F)cc2)cc1. The number of benzene rings is 2. The quantitative estimate of drug-likeness (QED) is 0.717. The monoisotopic (exact) mass is 461 g/mol. The summed E-state index contributed by atoms with van der Waals surface area (Å²) in [6.07, 6.45) is 1.02. The van der Waals surface area contributed by atoms with Crippen LogP contribution in [0.25, 0.3) is 0 Å². The first-order valence-corrected chi connectivity index (χ1v) is 12.2. The van der Waals surface area contributed by atoms with Gasteiger partial charge in [0, 0.05) is 18.8 Å². The molecule has 0 spiro atoms. The molecule has 0 aliphatic carbocycles. The predicted octanol–water partition coefficient (Wildman–Crippen LogP) is 2.63. The molecule has 0 saturated carbocycles. The standard InChI is InChI=1S/C23H28FN3O4S/c1-16(2)18-7-11-20(12-8-18)27-21(28)14-26(32(4,30)31)15-23(27,3)22(29)25-13-17-5-9-19(24)10-6-17/h5-12,16H,13-15H2,1-4H3,(H,25,29). The number of carbonyl (C=O) groups excluding carboxylic acids is 2. The molecule has 0 aromatic heterocycles. The number of amides is 2. The number of hydrogen-bond acceptors (Lipinski definition) is 4. The van der Waals surface area contributed by atoms with Crippen molar-refractivity contribution in [3.63, 3.8) is 0 Å². The molecule has 1 atom stereocenters. The lowest BCUT2D eigenvalue weighted by Crippen LogP contribution is -2.70. The van der Waals surface area contributed by atoms with E-state index in [1.807, 2.05) is 12.1 Å². The fourth-order valence-electron chi connectivity index (χ4n) is 3.79. The Hall–Kier alpha value is -2.78. The average molecular weight is 462 g/mol. The lowest BCUT2D eigenvalue weighted by atomic mass is 9.93. The van der Waals surface area contributed by atoms with Crippen LogP contribution < -0.4 is 10.2 Å². The summed E-state index contributed by atoms with van der Waals surface area (Å²) in [4.78, 5) is 27.8. The zero-order chi connectivity index (χ0) is 23.7. The molecule has 2 aromatic rings. The smallest absolute Gasteiger partial charge is 0.247 e. The van der Waals surface area contributed by atoms with Gasteiger partial charge < -0.3 is 5.32 Å². The molecule has 1 saturated heterocycles. The van der Waals surface area contributed by atoms with Gasteiger partial charge in [-0.15, -0.1) is 0 Å². The Labute approximate surface area is 188 Å². The van der Waals surface area contributed by atoms with E-state index in [0.717, 1.165) is 16.1 Å². The molecule has 1 fully saturated rings. The second-order valence-electron chi connectivity index (χ2n) is 8.59. The third-order valence-electron chi connectivity index (χ3n) is 5.68. The number of rotatable bonds is 6. The van der Waals surface area contributed by atoms with Gasteiger partial charge in [-0.05, 0) is 48.2 Å². The van der Waals surface area contributed by atoms with Crippen LogP contribution in [0.2, 0.25) is 0 Å². The molecule has 172 valence electrons. The first-order chi connectivity index (χ1) is 14.9. The van der Waals surface area contributed by atoms with Crippen molar-refractivity contribution < 1.29 is 22.4 Å². The number of nitrogens with one attached hydrogen (secondary N) is 1. The maximum atomic E-state index is 13.3. The van der Waals surface area contributed by atoms with Gasteiger partial charge in [0.05, 0.1) is 12.8 Å². The van der Waals surface area contributed by atoms with Gasteiger partial charge in [0.15, 0.2) is 0 Å². The van der Waals surface area contributed by atoms with E-state index in [-0.39, 0.29) is 25.5 Å². The van der Waals surface area contributed by atoms with Crippen molar-refractivity contribution in [2.24, 2.45) is 0 Å². The van der Waals surface area contributed by atoms with Crippen molar-refractivity contribution in [3.8, 4) is 0 Å². The zero-order valence-corrected chi connectivity index (χ0v) is 19.4. The molecular formula is C23H28FN3O4S. The minimum atomic E-state index is -3.69. The fourth-order valence-corrected chi connectivity index (χ4v) is 4.62. The molecular weight excluding hydrogens is 433 g/mol. The molecule has 2 amide bonds. The highest BCUT2D eigenvalue weighted by molar-refractivity contribution is 7.88. The van der Waals surface area contributed by atoms with Gasteiger partial charge in [0.2, 0.25) is 21.8 Å². The second-order valence-corrected chi connectivity index (χ2v) is 10.6. The van der Waals surface area contributed by atoms with Gasteiger partial charge in [-0.3, -0.25) is 14.5 Å². The lowest BCUT2D eigenvalue weighted by Gasteiger charge is -2.46. The van der Waals surface area contributed by atoms with Crippen LogP contribution >= 0.6 is 0 Å². The van der Waals surface area contributed by atoms with E-state index in [9.17, 15) is 22.4 Å². The number of carbonyl (C=O) groups is 2. The number of sulfonamides is 1. The highest BCUT2D eigenvalue weighted by Gasteiger charge is 2.50. The van der Waals surface area contributed by atoms with Gasteiger partial charge in [-0.25, -0.2) is 12.8 Å². The Bertz CT molecular complexity index is 1100. The van der Waals surface area contributed by atoms with Gasteiger partial charge >= 0.3 is 0 Å². The van der Waals surface area contributed by atoms with E-state index in [1.54, 1.807) is 31.2 Å². The number of piperazine rings is 1. The Morgan fingerprint density at radius 1 is 1.12 bits per heavy atom. The molecule has 0 bridgehead atoms. The first-order valence-electron chi connectivity index (χ1n) is 10.3. The normalized spacial score (nSPS) is 19.9. The Balaban J connectivity index is 1.94. The highest BCUT2D eigenvalue weighted by atomic mass is 32.2. The molecule has 1 unspecified atom stereocenters. The third-order valence-corrected chi connectivity index (χ3v) is 6.88. The zero-order valence-electron chi connectivity index (χ0n) is 18.6. The van der Waals surface area contributed by atoms with E-state index in [1.165, 1.54) is 17.0 Å². The Morgan fingerprint density at radius 2 is 1.72 bits per heavy atom. The fraction of sp³-hybridized carbons (Fsp3) is 0.391. The second kappa shape index (κ2) is 8.99. The summed E-state index contributed by atoms with van der Waals surface area (Å²) < 4.78 is 38.6. The molecule has 0 radical (unpaired) electrons. The number of nitrogens with zero attached hydrogens (tertiary/aromatic N) is 2. The van der Waals surface area contributed by atoms with Crippen molar-refractivity contribution in [1.82, 2.24) is 9.62 Å². The number of anilines is 1. The molecule has 1 aliphatic rings. The molecule has 9 heteroatoms. The number of halogens is 1. The van der Waals surface area contributed by atoms with E-state index in [0.29, 0.717) is 17.2 Å². The highest BCUT2D eigenvalue weighted by Crippen LogP contribution is 2.31. The first kappa shape index (κ1) is 23.9. The van der Waals surface area contributed by atoms with Gasteiger partial charge in [-0.1, -0.05) is 38.1 Å². The van der Waals surface area contributed by atoms with Crippen LogP contribution in [0, 0.1) is 5.82 Å². The summed E-state index contributed by atoms with van der Waals surface area (Å²) in [6.45, 7) is 5.25. The minimum absolute atomic E-state index is 0.113. The van der Waals surface area contributed by atoms with Crippen molar-refractivity contribution in [2.45, 2.75) is 38.8 Å². The van der Waals surface area contributed by atoms with Crippen LogP contribution in [0.3, 0.4) is 0 Å². The van der Waals surface area contributed by atoms with Crippen LogP contribution in [-0.2, 0) is 26.2 Å². The molecule has 32 heavy (non-hydrogen) atoms. The summed E-state index contributed by atoms with van der Waals surface area (Å²) in [5.74, 6) is -1.08. The molecule has 2 aromatic carbocycles. The third kappa shape index (κ3) is 4.99. The summed E-state index contributed by atoms with van der Waals surface area (Å²) in [5, 5.41) is 2.77. The van der Waals surface area contributed by atoms with Crippen LogP contribution in [0.4, 0.5) is 10.1 Å². The lowest BCUT2D eigenvalue weighted by molar-refractivity contribution is -0.133. The molecule has 3 rings (SSSR count). The van der Waals surface area contributed by atoms with Crippen molar-refractivity contribution in [1.29, 1.82) is 0 Å². The van der Waals surface area contributed by atoms with Crippen molar-refractivity contribution in [3.05, 3.63) is 65.5 Å². The summed E-state index contributed by atoms with van der Waals surface area (Å²) in [6, 6.07) is 13.0. The van der Waals surface area contributed by atoms with E-state index in [2.05, 4.69) is 19.2 Å². The molecule has 1 aliphatic heterocycles. The topological polar surface area (TPSA) is 86.8 Å². The predicted molar refractivity (Wildman–Crippen MR) is 121 cm³/mol. The minimum Gasteiger partial charge on any atom is -0.350 e. The van der Waals surface area contributed by atoms with E-state index >= 15 is 0 Å². The van der Waals surface area contributed by atoms with Crippen LogP contribution in [0.5, 0.6) is 0 Å². The number of hydrogen-bond donors (Lipinski definition) is 1. The molecule has 1 N–H and O–H groups in total. The van der Waals surface area contributed by atoms with Crippen molar-refractivity contribution >= 4 is 27.5 Å². The average Bonchev–Trinajstić information content (AvgIpc) is 2.72. The van der Waals surface area contributed by atoms with Gasteiger partial charge in [-0.2, -0.15) is 4.31 Å². The Kier molecular flexibility index (Phi) is 6.71. The van der Waals surface area contributed by atoms with Gasteiger partial charge in [0.1, 0.15) is 11.4 Å². The summed E-state index contributed by atoms with van der Waals surface area (Å²) in [5.41, 5.74) is 0.807. The van der Waals surface area contributed by atoms with E-state index < -0.39 is 27.4 Å². The molecule has 7 nitrogen and oxygen atoms in total. The summed E-state index contributed by atoms with van der Waals surface area (Å²) in [7, 11) is -3.69. The molecule has 1 heterocycles. The maximum Gasteiger partial charge on any atom is 0.247 e. The summed E-state index contributed by atoms with van der Waals surface area (Å²) >= 11 is 0. The van der Waals surface area contributed by atoms with Crippen LogP contribution in [0.15, 0.2) is 48.5 Å². The van der Waals surface area contributed by atoms with Gasteiger partial charge in [0.25, 0.3) is 0 Å². The van der Waals surface area contributed by atoms with Crippen LogP contribution in [0.1, 0.15) is 37.8 Å². The Morgan fingerprint density at radius 3 is 2.25 bits per heavy atom. The van der Waals surface area contributed by atoms with E-state index in [4.69, 9.17) is 0 Å².